The van der Waals surface area contributed by atoms with Gasteiger partial charge in [0, 0.05) is 17.5 Å². The van der Waals surface area contributed by atoms with E-state index in [1.165, 1.54) is 6.07 Å². The molecule has 106 valence electrons. The number of halogens is 1. The highest BCUT2D eigenvalue weighted by Gasteiger charge is 2.16. The second-order valence-electron chi connectivity index (χ2n) is 4.90. The quantitative estimate of drug-likeness (QED) is 0.760. The van der Waals surface area contributed by atoms with Gasteiger partial charge in [-0.15, -0.1) is 0 Å². The van der Waals surface area contributed by atoms with E-state index < -0.39 is 5.97 Å². The maximum atomic E-state index is 13.9. The molecule has 0 unspecified atom stereocenters. The maximum absolute atomic E-state index is 13.9. The van der Waals surface area contributed by atoms with E-state index in [2.05, 4.69) is 4.98 Å². The molecule has 0 saturated carbocycles. The Morgan fingerprint density at radius 1 is 1.10 bits per heavy atom. The van der Waals surface area contributed by atoms with Crippen molar-refractivity contribution < 1.29 is 14.3 Å². The van der Waals surface area contributed by atoms with Gasteiger partial charge in [0.1, 0.15) is 5.82 Å². The maximum Gasteiger partial charge on any atom is 0.303 e. The number of benzene rings is 2. The van der Waals surface area contributed by atoms with Crippen LogP contribution in [0.15, 0.2) is 48.5 Å². The number of aliphatic carboxylic acids is 1. The molecule has 0 aliphatic heterocycles. The van der Waals surface area contributed by atoms with E-state index in [0.29, 0.717) is 11.9 Å². The second kappa shape index (κ2) is 5.40. The molecule has 21 heavy (non-hydrogen) atoms. The molecule has 0 fully saturated rings. The molecule has 3 rings (SSSR count). The van der Waals surface area contributed by atoms with E-state index in [1.54, 1.807) is 6.07 Å². The lowest BCUT2D eigenvalue weighted by molar-refractivity contribution is -0.136. The average molecular weight is 283 g/mol. The third-order valence-electron chi connectivity index (χ3n) is 3.54. The minimum Gasteiger partial charge on any atom is -0.481 e. The van der Waals surface area contributed by atoms with Crippen LogP contribution in [0.2, 0.25) is 0 Å². The number of hydrogen-bond donors (Lipinski definition) is 2. The van der Waals surface area contributed by atoms with Gasteiger partial charge in [0.25, 0.3) is 0 Å². The number of aromatic amines is 1. The van der Waals surface area contributed by atoms with Crippen LogP contribution in [-0.4, -0.2) is 16.1 Å². The van der Waals surface area contributed by atoms with Crippen LogP contribution in [-0.2, 0) is 11.2 Å². The molecule has 0 spiro atoms. The Kier molecular flexibility index (Phi) is 3.44. The Morgan fingerprint density at radius 3 is 2.57 bits per heavy atom. The Labute approximate surface area is 121 Å². The lowest BCUT2D eigenvalue weighted by atomic mass is 10.0. The van der Waals surface area contributed by atoms with E-state index in [4.69, 9.17) is 5.11 Å². The average Bonchev–Trinajstić information content (AvgIpc) is 2.86. The highest BCUT2D eigenvalue weighted by atomic mass is 19.1. The number of carboxylic acids is 1. The van der Waals surface area contributed by atoms with Gasteiger partial charge in [-0.05, 0) is 23.6 Å². The molecular formula is C17H14FNO2. The van der Waals surface area contributed by atoms with Crippen molar-refractivity contribution >= 4 is 16.9 Å². The van der Waals surface area contributed by atoms with Crippen LogP contribution in [0.4, 0.5) is 4.39 Å². The number of aryl methyl sites for hydroxylation is 1. The Hall–Kier alpha value is -2.62. The molecule has 1 heterocycles. The van der Waals surface area contributed by atoms with E-state index in [0.717, 1.165) is 22.2 Å². The van der Waals surface area contributed by atoms with Crippen molar-refractivity contribution in [1.82, 2.24) is 4.98 Å². The molecule has 3 aromatic rings. The van der Waals surface area contributed by atoms with Crippen LogP contribution in [0.25, 0.3) is 22.2 Å². The Bertz CT molecular complexity index is 793. The van der Waals surface area contributed by atoms with E-state index in [-0.39, 0.29) is 12.2 Å². The summed E-state index contributed by atoms with van der Waals surface area (Å²) in [5.41, 5.74) is 2.99. The van der Waals surface area contributed by atoms with Gasteiger partial charge in [-0.3, -0.25) is 4.79 Å². The summed E-state index contributed by atoms with van der Waals surface area (Å²) >= 11 is 0. The first kappa shape index (κ1) is 13.4. The Balaban J connectivity index is 2.20. The van der Waals surface area contributed by atoms with Gasteiger partial charge in [-0.1, -0.05) is 42.5 Å². The number of rotatable bonds is 4. The smallest absolute Gasteiger partial charge is 0.303 e. The molecular weight excluding hydrogens is 269 g/mol. The fourth-order valence-electron chi connectivity index (χ4n) is 2.58. The summed E-state index contributed by atoms with van der Waals surface area (Å²) in [6.45, 7) is 0. The summed E-state index contributed by atoms with van der Waals surface area (Å²) in [6, 6.07) is 14.4. The number of carboxylic acid groups (broad SMARTS) is 1. The fraction of sp³-hybridized carbons (Fsp3) is 0.118. The minimum absolute atomic E-state index is 0.0172. The first-order valence-electron chi connectivity index (χ1n) is 6.73. The fourth-order valence-corrected chi connectivity index (χ4v) is 2.58. The number of carbonyl (C=O) groups is 1. The van der Waals surface area contributed by atoms with Crippen molar-refractivity contribution in [2.24, 2.45) is 0 Å². The molecule has 2 N–H and O–H groups in total. The monoisotopic (exact) mass is 283 g/mol. The number of nitrogens with one attached hydrogen (secondary N) is 1. The van der Waals surface area contributed by atoms with Crippen molar-refractivity contribution in [3.8, 4) is 11.3 Å². The third-order valence-corrected chi connectivity index (χ3v) is 3.54. The third kappa shape index (κ3) is 2.52. The van der Waals surface area contributed by atoms with Crippen LogP contribution in [0.3, 0.4) is 0 Å². The zero-order valence-corrected chi connectivity index (χ0v) is 11.3. The summed E-state index contributed by atoms with van der Waals surface area (Å²) in [6.07, 6.45) is 0.381. The van der Waals surface area contributed by atoms with Gasteiger partial charge in [0.2, 0.25) is 0 Å². The van der Waals surface area contributed by atoms with E-state index >= 15 is 0 Å². The van der Waals surface area contributed by atoms with Crippen molar-refractivity contribution in [1.29, 1.82) is 0 Å². The molecule has 0 atom stereocenters. The zero-order chi connectivity index (χ0) is 14.8. The van der Waals surface area contributed by atoms with Gasteiger partial charge < -0.3 is 10.1 Å². The molecule has 0 saturated heterocycles. The standard InChI is InChI=1S/C17H14FNO2/c18-14-8-4-7-12-13(9-10-15(20)21)16(19-17(12)14)11-5-2-1-3-6-11/h1-8,19H,9-10H2,(H,20,21). The normalized spacial score (nSPS) is 10.9. The minimum atomic E-state index is -0.861. The van der Waals surface area contributed by atoms with Crippen molar-refractivity contribution in [3.05, 3.63) is 59.9 Å². The van der Waals surface area contributed by atoms with Gasteiger partial charge >= 0.3 is 5.97 Å². The number of fused-ring (bicyclic) bond motifs is 1. The topological polar surface area (TPSA) is 53.1 Å². The molecule has 3 nitrogen and oxygen atoms in total. The van der Waals surface area contributed by atoms with Gasteiger partial charge in [-0.25, -0.2) is 4.39 Å². The molecule has 0 bridgehead atoms. The number of hydrogen-bond acceptors (Lipinski definition) is 1. The summed E-state index contributed by atoms with van der Waals surface area (Å²) in [4.78, 5) is 14.0. The summed E-state index contributed by atoms with van der Waals surface area (Å²) in [5, 5.41) is 9.66. The molecule has 2 aromatic carbocycles. The first-order chi connectivity index (χ1) is 10.2. The van der Waals surface area contributed by atoms with Crippen molar-refractivity contribution in [3.63, 3.8) is 0 Å². The summed E-state index contributed by atoms with van der Waals surface area (Å²) in [5.74, 6) is -1.19. The van der Waals surface area contributed by atoms with Gasteiger partial charge in [0.05, 0.1) is 5.52 Å². The van der Waals surface area contributed by atoms with Crippen LogP contribution in [0.5, 0.6) is 0 Å². The van der Waals surface area contributed by atoms with Crippen molar-refractivity contribution in [2.45, 2.75) is 12.8 Å². The molecule has 0 aliphatic carbocycles. The molecule has 0 aliphatic rings. The molecule has 0 amide bonds. The Morgan fingerprint density at radius 2 is 1.86 bits per heavy atom. The summed E-state index contributed by atoms with van der Waals surface area (Å²) in [7, 11) is 0. The number of para-hydroxylation sites is 1. The van der Waals surface area contributed by atoms with Gasteiger partial charge in [-0.2, -0.15) is 0 Å². The van der Waals surface area contributed by atoms with E-state index in [1.807, 2.05) is 36.4 Å². The first-order valence-corrected chi connectivity index (χ1v) is 6.73. The highest BCUT2D eigenvalue weighted by Crippen LogP contribution is 2.32. The lowest BCUT2D eigenvalue weighted by Gasteiger charge is -2.03. The number of aromatic nitrogens is 1. The second-order valence-corrected chi connectivity index (χ2v) is 4.90. The SMILES string of the molecule is O=C(O)CCc1c(-c2ccccc2)[nH]c2c(F)cccc12. The summed E-state index contributed by atoms with van der Waals surface area (Å²) < 4.78 is 13.9. The van der Waals surface area contributed by atoms with Gasteiger partial charge in [0.15, 0.2) is 0 Å². The van der Waals surface area contributed by atoms with Crippen molar-refractivity contribution in [2.75, 3.05) is 0 Å². The van der Waals surface area contributed by atoms with Crippen LogP contribution < -0.4 is 0 Å². The number of H-pyrrole nitrogens is 1. The predicted octanol–water partition coefficient (Wildman–Crippen LogP) is 3.99. The predicted molar refractivity (Wildman–Crippen MR) is 79.6 cm³/mol. The molecule has 0 radical (unpaired) electrons. The van der Waals surface area contributed by atoms with Crippen LogP contribution in [0.1, 0.15) is 12.0 Å². The highest BCUT2D eigenvalue weighted by molar-refractivity contribution is 5.91. The van der Waals surface area contributed by atoms with Crippen LogP contribution >= 0.6 is 0 Å². The van der Waals surface area contributed by atoms with Crippen LogP contribution in [0, 0.1) is 5.82 Å². The zero-order valence-electron chi connectivity index (χ0n) is 11.3. The lowest BCUT2D eigenvalue weighted by Crippen LogP contribution is -1.98. The van der Waals surface area contributed by atoms with E-state index in [9.17, 15) is 9.18 Å². The molecule has 1 aromatic heterocycles. The molecule has 4 heteroatoms. The largest absolute Gasteiger partial charge is 0.481 e.